The molecule has 9 heteroatoms. The van der Waals surface area contributed by atoms with Gasteiger partial charge in [-0.2, -0.15) is 4.31 Å². The van der Waals surface area contributed by atoms with Gasteiger partial charge in [-0.3, -0.25) is 4.79 Å². The van der Waals surface area contributed by atoms with Crippen LogP contribution >= 0.6 is 34.2 Å². The summed E-state index contributed by atoms with van der Waals surface area (Å²) in [6, 6.07) is 11.5. The number of likely N-dealkylation sites (N-methyl/N-ethyl adjacent to an activating group) is 1. The summed E-state index contributed by atoms with van der Waals surface area (Å²) in [5, 5.41) is 2.94. The highest BCUT2D eigenvalue weighted by atomic mass is 127. The van der Waals surface area contributed by atoms with Crippen LogP contribution in [0.15, 0.2) is 47.4 Å². The molecule has 6 nitrogen and oxygen atoms in total. The van der Waals surface area contributed by atoms with Crippen LogP contribution in [0.2, 0.25) is 5.02 Å². The summed E-state index contributed by atoms with van der Waals surface area (Å²) >= 11 is 8.09. The number of carbonyl (C=O) groups is 1. The zero-order chi connectivity index (χ0) is 19.3. The molecular formula is C17H18ClIN2O4S. The van der Waals surface area contributed by atoms with E-state index in [4.69, 9.17) is 16.3 Å². The zero-order valence-electron chi connectivity index (χ0n) is 14.2. The molecule has 0 aromatic heterocycles. The molecule has 0 atom stereocenters. The lowest BCUT2D eigenvalue weighted by Crippen LogP contribution is -2.35. The fraction of sp³-hybridized carbons (Fsp3) is 0.235. The van der Waals surface area contributed by atoms with Crippen molar-refractivity contribution in [3.05, 3.63) is 51.1 Å². The summed E-state index contributed by atoms with van der Waals surface area (Å²) in [4.78, 5) is 12.1. The minimum atomic E-state index is -3.95. The first-order valence-corrected chi connectivity index (χ1v) is 10.6. The molecule has 0 saturated heterocycles. The number of benzene rings is 2. The highest BCUT2D eigenvalue weighted by molar-refractivity contribution is 14.1. The van der Waals surface area contributed by atoms with Crippen molar-refractivity contribution in [3.63, 3.8) is 0 Å². The molecule has 1 amide bonds. The quantitative estimate of drug-likeness (QED) is 0.580. The molecule has 0 heterocycles. The van der Waals surface area contributed by atoms with Gasteiger partial charge in [0.25, 0.3) is 0 Å². The number of rotatable bonds is 7. The maximum Gasteiger partial charge on any atom is 0.247 e. The van der Waals surface area contributed by atoms with Gasteiger partial charge in [-0.25, -0.2) is 8.42 Å². The summed E-state index contributed by atoms with van der Waals surface area (Å²) in [6.45, 7) is 1.72. The highest BCUT2D eigenvalue weighted by Gasteiger charge is 2.27. The molecule has 2 aromatic rings. The molecule has 0 spiro atoms. The predicted molar refractivity (Wildman–Crippen MR) is 110 cm³/mol. The van der Waals surface area contributed by atoms with Crippen LogP contribution in [0.1, 0.15) is 6.92 Å². The smallest absolute Gasteiger partial charge is 0.247 e. The normalized spacial score (nSPS) is 11.4. The number of sulfonamides is 1. The van der Waals surface area contributed by atoms with Crippen molar-refractivity contribution in [2.75, 3.05) is 25.5 Å². The van der Waals surface area contributed by atoms with Crippen LogP contribution in [0.3, 0.4) is 0 Å². The Morgan fingerprint density at radius 3 is 2.50 bits per heavy atom. The third-order valence-corrected chi connectivity index (χ3v) is 6.17. The molecule has 0 aliphatic carbocycles. The minimum Gasteiger partial charge on any atom is -0.492 e. The summed E-state index contributed by atoms with van der Waals surface area (Å²) in [7, 11) is -2.61. The van der Waals surface area contributed by atoms with Crippen molar-refractivity contribution >= 4 is 55.8 Å². The molecule has 2 rings (SSSR count). The van der Waals surface area contributed by atoms with Crippen molar-refractivity contribution in [1.29, 1.82) is 0 Å². The Morgan fingerprint density at radius 2 is 1.88 bits per heavy atom. The summed E-state index contributed by atoms with van der Waals surface area (Å²) in [6.07, 6.45) is 0. The molecule has 1 N–H and O–H groups in total. The van der Waals surface area contributed by atoms with Crippen LogP contribution in [0.25, 0.3) is 0 Å². The van der Waals surface area contributed by atoms with E-state index >= 15 is 0 Å². The van der Waals surface area contributed by atoms with Gasteiger partial charge >= 0.3 is 0 Å². The Morgan fingerprint density at radius 1 is 1.23 bits per heavy atom. The SMILES string of the molecule is CCOc1ccc(Cl)cc1S(=O)(=O)N(C)CC(=O)Nc1ccc(I)cc1. The second kappa shape index (κ2) is 9.03. The first kappa shape index (κ1) is 20.9. The fourth-order valence-corrected chi connectivity index (χ4v) is 4.02. The van der Waals surface area contributed by atoms with E-state index in [0.29, 0.717) is 12.3 Å². The number of nitrogens with one attached hydrogen (secondary N) is 1. The van der Waals surface area contributed by atoms with Crippen LogP contribution in [-0.2, 0) is 14.8 Å². The highest BCUT2D eigenvalue weighted by Crippen LogP contribution is 2.29. The molecule has 0 aliphatic heterocycles. The standard InChI is InChI=1S/C17H18ClIN2O4S/c1-3-25-15-9-4-12(18)10-16(15)26(23,24)21(2)11-17(22)20-14-7-5-13(19)6-8-14/h4-10H,3,11H2,1-2H3,(H,20,22). The number of amides is 1. The molecule has 0 fully saturated rings. The second-order valence-electron chi connectivity index (χ2n) is 5.34. The average Bonchev–Trinajstić information content (AvgIpc) is 2.58. The Balaban J connectivity index is 2.17. The first-order chi connectivity index (χ1) is 12.2. The third-order valence-electron chi connectivity index (χ3n) is 3.39. The summed E-state index contributed by atoms with van der Waals surface area (Å²) < 4.78 is 33.0. The predicted octanol–water partition coefficient (Wildman–Crippen LogP) is 3.60. The number of halogens is 2. The average molecular weight is 509 g/mol. The van der Waals surface area contributed by atoms with Gasteiger partial charge in [0.2, 0.25) is 15.9 Å². The van der Waals surface area contributed by atoms with Gasteiger partial charge in [0, 0.05) is 21.3 Å². The lowest BCUT2D eigenvalue weighted by molar-refractivity contribution is -0.116. The molecule has 140 valence electrons. The fourth-order valence-electron chi connectivity index (χ4n) is 2.15. The molecule has 0 aliphatic rings. The van der Waals surface area contributed by atoms with E-state index in [1.165, 1.54) is 19.2 Å². The number of hydrogen-bond acceptors (Lipinski definition) is 4. The Hall–Kier alpha value is -1.36. The molecule has 0 saturated carbocycles. The molecule has 26 heavy (non-hydrogen) atoms. The van der Waals surface area contributed by atoms with E-state index in [9.17, 15) is 13.2 Å². The maximum absolute atomic E-state index is 12.8. The van der Waals surface area contributed by atoms with Crippen LogP contribution < -0.4 is 10.1 Å². The van der Waals surface area contributed by atoms with Crippen LogP contribution in [0, 0.1) is 3.57 Å². The van der Waals surface area contributed by atoms with Gasteiger partial charge in [0.1, 0.15) is 10.6 Å². The van der Waals surface area contributed by atoms with Crippen LogP contribution in [0.5, 0.6) is 5.75 Å². The molecule has 0 radical (unpaired) electrons. The van der Waals surface area contributed by atoms with E-state index in [-0.39, 0.29) is 22.2 Å². The van der Waals surface area contributed by atoms with Gasteiger partial charge in [-0.15, -0.1) is 0 Å². The van der Waals surface area contributed by atoms with Crippen LogP contribution in [0.4, 0.5) is 5.69 Å². The minimum absolute atomic E-state index is 0.0728. The van der Waals surface area contributed by atoms with Gasteiger partial charge in [-0.1, -0.05) is 11.6 Å². The van der Waals surface area contributed by atoms with Crippen molar-refractivity contribution in [2.45, 2.75) is 11.8 Å². The number of nitrogens with zero attached hydrogens (tertiary/aromatic N) is 1. The zero-order valence-corrected chi connectivity index (χ0v) is 17.9. The Bertz CT molecular complexity index is 888. The van der Waals surface area contributed by atoms with E-state index in [1.54, 1.807) is 25.1 Å². The van der Waals surface area contributed by atoms with Crippen LogP contribution in [-0.4, -0.2) is 38.8 Å². The van der Waals surface area contributed by atoms with E-state index < -0.39 is 15.9 Å². The van der Waals surface area contributed by atoms with E-state index in [1.807, 2.05) is 12.1 Å². The van der Waals surface area contributed by atoms with Gasteiger partial charge in [0.15, 0.2) is 0 Å². The number of carbonyl (C=O) groups excluding carboxylic acids is 1. The lowest BCUT2D eigenvalue weighted by atomic mass is 10.3. The van der Waals surface area contributed by atoms with E-state index in [0.717, 1.165) is 7.88 Å². The molecule has 0 unspecified atom stereocenters. The number of ether oxygens (including phenoxy) is 1. The molecule has 2 aromatic carbocycles. The molecule has 0 bridgehead atoms. The third kappa shape index (κ3) is 5.32. The summed E-state index contributed by atoms with van der Waals surface area (Å²) in [5.41, 5.74) is 0.596. The first-order valence-electron chi connectivity index (χ1n) is 7.68. The largest absolute Gasteiger partial charge is 0.492 e. The Kier molecular flexibility index (Phi) is 7.27. The van der Waals surface area contributed by atoms with E-state index in [2.05, 4.69) is 27.9 Å². The van der Waals surface area contributed by atoms with Crippen molar-refractivity contribution in [3.8, 4) is 5.75 Å². The lowest BCUT2D eigenvalue weighted by Gasteiger charge is -2.19. The van der Waals surface area contributed by atoms with Gasteiger partial charge in [0.05, 0.1) is 13.2 Å². The topological polar surface area (TPSA) is 75.7 Å². The second-order valence-corrected chi connectivity index (χ2v) is 9.04. The molecular weight excluding hydrogens is 491 g/mol. The maximum atomic E-state index is 12.8. The van der Waals surface area contributed by atoms with Crippen molar-refractivity contribution in [2.24, 2.45) is 0 Å². The van der Waals surface area contributed by atoms with Gasteiger partial charge in [-0.05, 0) is 72.0 Å². The summed E-state index contributed by atoms with van der Waals surface area (Å²) in [5.74, 6) is -0.251. The monoisotopic (exact) mass is 508 g/mol. The number of hydrogen-bond donors (Lipinski definition) is 1. The van der Waals surface area contributed by atoms with Crippen molar-refractivity contribution in [1.82, 2.24) is 4.31 Å². The number of anilines is 1. The van der Waals surface area contributed by atoms with Crippen molar-refractivity contribution < 1.29 is 17.9 Å². The van der Waals surface area contributed by atoms with Gasteiger partial charge < -0.3 is 10.1 Å². The Labute approximate surface area is 171 Å².